The fraction of sp³-hybridized carbons (Fsp3) is 0.300. The molecule has 64 valence electrons. The van der Waals surface area contributed by atoms with Crippen LogP contribution in [0.1, 0.15) is 18.1 Å². The van der Waals surface area contributed by atoms with Crippen molar-refractivity contribution < 1.29 is 0 Å². The molecule has 0 spiro atoms. The molecule has 0 amide bonds. The van der Waals surface area contributed by atoms with Crippen LogP contribution < -0.4 is 5.73 Å². The van der Waals surface area contributed by atoms with Crippen LogP contribution in [-0.4, -0.2) is 4.86 Å². The molecule has 0 unspecified atom stereocenters. The lowest BCUT2D eigenvalue weighted by atomic mass is 10.0. The Morgan fingerprint density at radius 3 is 2.42 bits per heavy atom. The summed E-state index contributed by atoms with van der Waals surface area (Å²) in [6, 6.07) is 8.16. The maximum atomic E-state index is 5.58. The van der Waals surface area contributed by atoms with Crippen LogP contribution in [0.2, 0.25) is 0 Å². The summed E-state index contributed by atoms with van der Waals surface area (Å²) in [5, 5.41) is 0. The Bertz CT molecular complexity index is 281. The second-order valence-corrected chi connectivity index (χ2v) is 3.55. The van der Waals surface area contributed by atoms with Gasteiger partial charge in [0.25, 0.3) is 0 Å². The standard InChI is InChI=1S/C10H13NS/c1-8(12)6-9-4-2-3-5-10(9)7-11/h2-5H,6-7,11H2,1H3. The smallest absolute Gasteiger partial charge is 0.0180 e. The van der Waals surface area contributed by atoms with E-state index in [1.54, 1.807) is 0 Å². The summed E-state index contributed by atoms with van der Waals surface area (Å²) >= 11 is 5.04. The Hall–Kier alpha value is -0.730. The molecule has 0 aliphatic carbocycles. The highest BCUT2D eigenvalue weighted by atomic mass is 32.1. The molecule has 2 N–H and O–H groups in total. The fourth-order valence-electron chi connectivity index (χ4n) is 1.20. The van der Waals surface area contributed by atoms with Gasteiger partial charge in [-0.1, -0.05) is 36.5 Å². The van der Waals surface area contributed by atoms with E-state index in [-0.39, 0.29) is 0 Å². The second kappa shape index (κ2) is 4.33. The zero-order chi connectivity index (χ0) is 8.97. The van der Waals surface area contributed by atoms with Gasteiger partial charge in [-0.3, -0.25) is 0 Å². The van der Waals surface area contributed by atoms with Gasteiger partial charge in [-0.2, -0.15) is 0 Å². The van der Waals surface area contributed by atoms with E-state index < -0.39 is 0 Å². The van der Waals surface area contributed by atoms with Crippen molar-refractivity contribution in [1.29, 1.82) is 0 Å². The molecule has 0 aliphatic heterocycles. The SMILES string of the molecule is CC(=S)Cc1ccccc1CN. The molecule has 0 radical (unpaired) electrons. The van der Waals surface area contributed by atoms with E-state index in [9.17, 15) is 0 Å². The largest absolute Gasteiger partial charge is 0.326 e. The Balaban J connectivity index is 2.89. The summed E-state index contributed by atoms with van der Waals surface area (Å²) in [5.41, 5.74) is 8.04. The summed E-state index contributed by atoms with van der Waals surface area (Å²) in [5.74, 6) is 0. The van der Waals surface area contributed by atoms with Gasteiger partial charge < -0.3 is 5.73 Å². The van der Waals surface area contributed by atoms with E-state index in [1.165, 1.54) is 11.1 Å². The van der Waals surface area contributed by atoms with Gasteiger partial charge in [0.05, 0.1) is 0 Å². The highest BCUT2D eigenvalue weighted by molar-refractivity contribution is 7.80. The molecule has 1 nitrogen and oxygen atoms in total. The maximum absolute atomic E-state index is 5.58. The molecule has 12 heavy (non-hydrogen) atoms. The van der Waals surface area contributed by atoms with Gasteiger partial charge in [0.1, 0.15) is 0 Å². The maximum Gasteiger partial charge on any atom is 0.0180 e. The zero-order valence-electron chi connectivity index (χ0n) is 7.21. The van der Waals surface area contributed by atoms with E-state index in [0.29, 0.717) is 6.54 Å². The number of rotatable bonds is 3. The van der Waals surface area contributed by atoms with Gasteiger partial charge in [0.15, 0.2) is 0 Å². The highest BCUT2D eigenvalue weighted by Gasteiger charge is 1.99. The summed E-state index contributed by atoms with van der Waals surface area (Å²) in [6.07, 6.45) is 0.864. The van der Waals surface area contributed by atoms with Crippen LogP contribution in [0, 0.1) is 0 Å². The minimum Gasteiger partial charge on any atom is -0.326 e. The van der Waals surface area contributed by atoms with Crippen LogP contribution in [0.4, 0.5) is 0 Å². The van der Waals surface area contributed by atoms with Crippen LogP contribution in [0.25, 0.3) is 0 Å². The number of hydrogen-bond acceptors (Lipinski definition) is 2. The van der Waals surface area contributed by atoms with E-state index in [2.05, 4.69) is 6.07 Å². The first-order valence-electron chi connectivity index (χ1n) is 4.00. The minimum absolute atomic E-state index is 0.596. The van der Waals surface area contributed by atoms with Crippen molar-refractivity contribution in [2.75, 3.05) is 0 Å². The molecule has 0 saturated carbocycles. The molecule has 1 aromatic rings. The molecule has 0 saturated heterocycles. The number of thiocarbonyl (C=S) groups is 1. The Labute approximate surface area is 78.6 Å². The lowest BCUT2D eigenvalue weighted by Gasteiger charge is -2.05. The van der Waals surface area contributed by atoms with E-state index in [1.807, 2.05) is 25.1 Å². The van der Waals surface area contributed by atoms with Gasteiger partial charge in [-0.25, -0.2) is 0 Å². The van der Waals surface area contributed by atoms with Crippen LogP contribution in [0.5, 0.6) is 0 Å². The third-order valence-corrected chi connectivity index (χ3v) is 1.92. The topological polar surface area (TPSA) is 26.0 Å². The number of hydrogen-bond donors (Lipinski definition) is 1. The summed E-state index contributed by atoms with van der Waals surface area (Å²) in [4.78, 5) is 1.01. The van der Waals surface area contributed by atoms with Crippen molar-refractivity contribution >= 4 is 17.1 Å². The van der Waals surface area contributed by atoms with Gasteiger partial charge in [-0.05, 0) is 22.9 Å². The Morgan fingerprint density at radius 1 is 1.33 bits per heavy atom. The predicted octanol–water partition coefficient (Wildman–Crippen LogP) is 2.08. The molecule has 0 aromatic heterocycles. The van der Waals surface area contributed by atoms with E-state index >= 15 is 0 Å². The van der Waals surface area contributed by atoms with Crippen molar-refractivity contribution in [2.24, 2.45) is 5.73 Å². The first-order chi connectivity index (χ1) is 5.74. The number of benzene rings is 1. The lowest BCUT2D eigenvalue weighted by Crippen LogP contribution is -2.03. The molecule has 0 bridgehead atoms. The third-order valence-electron chi connectivity index (χ3n) is 1.78. The van der Waals surface area contributed by atoms with Crippen LogP contribution in [0.15, 0.2) is 24.3 Å². The van der Waals surface area contributed by atoms with Crippen molar-refractivity contribution in [3.8, 4) is 0 Å². The molecule has 2 heteroatoms. The average Bonchev–Trinajstić information content (AvgIpc) is 2.04. The van der Waals surface area contributed by atoms with Crippen molar-refractivity contribution in [2.45, 2.75) is 19.9 Å². The zero-order valence-corrected chi connectivity index (χ0v) is 8.03. The minimum atomic E-state index is 0.596. The lowest BCUT2D eigenvalue weighted by molar-refractivity contribution is 1.04. The van der Waals surface area contributed by atoms with Crippen molar-refractivity contribution in [1.82, 2.24) is 0 Å². The quantitative estimate of drug-likeness (QED) is 0.719. The molecule has 0 atom stereocenters. The Morgan fingerprint density at radius 2 is 1.92 bits per heavy atom. The van der Waals surface area contributed by atoms with Gasteiger partial charge in [0, 0.05) is 13.0 Å². The summed E-state index contributed by atoms with van der Waals surface area (Å²) in [6.45, 7) is 2.56. The molecule has 0 fully saturated rings. The highest BCUT2D eigenvalue weighted by Crippen LogP contribution is 2.09. The summed E-state index contributed by atoms with van der Waals surface area (Å²) in [7, 11) is 0. The second-order valence-electron chi connectivity index (χ2n) is 2.85. The average molecular weight is 179 g/mol. The monoisotopic (exact) mass is 179 g/mol. The van der Waals surface area contributed by atoms with Crippen molar-refractivity contribution in [3.05, 3.63) is 35.4 Å². The molecule has 0 heterocycles. The first-order valence-corrected chi connectivity index (χ1v) is 4.41. The van der Waals surface area contributed by atoms with Crippen LogP contribution >= 0.6 is 12.2 Å². The van der Waals surface area contributed by atoms with Crippen LogP contribution in [-0.2, 0) is 13.0 Å². The van der Waals surface area contributed by atoms with Crippen LogP contribution in [0.3, 0.4) is 0 Å². The van der Waals surface area contributed by atoms with E-state index in [0.717, 1.165) is 11.3 Å². The van der Waals surface area contributed by atoms with Gasteiger partial charge in [0.2, 0.25) is 0 Å². The summed E-state index contributed by atoms with van der Waals surface area (Å²) < 4.78 is 0. The predicted molar refractivity (Wildman–Crippen MR) is 56.3 cm³/mol. The molecule has 1 aromatic carbocycles. The normalized spacial score (nSPS) is 9.83. The van der Waals surface area contributed by atoms with Crippen molar-refractivity contribution in [3.63, 3.8) is 0 Å². The fourth-order valence-corrected chi connectivity index (χ4v) is 1.35. The molecular weight excluding hydrogens is 166 g/mol. The third kappa shape index (κ3) is 2.40. The molecule has 0 aliphatic rings. The molecular formula is C10H13NS. The Kier molecular flexibility index (Phi) is 3.38. The molecule has 1 rings (SSSR count). The van der Waals surface area contributed by atoms with Gasteiger partial charge in [-0.15, -0.1) is 0 Å². The van der Waals surface area contributed by atoms with Gasteiger partial charge >= 0.3 is 0 Å². The first kappa shape index (κ1) is 9.36. The van der Waals surface area contributed by atoms with E-state index in [4.69, 9.17) is 18.0 Å². The number of nitrogens with two attached hydrogens (primary N) is 1.